The zero-order valence-electron chi connectivity index (χ0n) is 10.5. The Kier molecular flexibility index (Phi) is 3.70. The molecule has 8 heteroatoms. The van der Waals surface area contributed by atoms with E-state index in [1.165, 1.54) is 6.20 Å². The van der Waals surface area contributed by atoms with Gasteiger partial charge in [-0.1, -0.05) is 0 Å². The summed E-state index contributed by atoms with van der Waals surface area (Å²) in [4.78, 5) is 20.8. The average molecular weight is 285 g/mol. The molecule has 1 aromatic heterocycles. The predicted octanol–water partition coefficient (Wildman–Crippen LogP) is -0.353. The first-order valence-electron chi connectivity index (χ1n) is 5.87. The second-order valence-corrected chi connectivity index (χ2v) is 6.79. The maximum absolute atomic E-state index is 11.3. The largest absolute Gasteiger partial charge is 0.481 e. The molecule has 0 spiro atoms. The van der Waals surface area contributed by atoms with E-state index < -0.39 is 15.8 Å². The topological polar surface area (TPSA) is 100 Å². The summed E-state index contributed by atoms with van der Waals surface area (Å²) in [5, 5.41) is 8.73. The molecular formula is C11H15N3O4S. The highest BCUT2D eigenvalue weighted by Crippen LogP contribution is 2.14. The van der Waals surface area contributed by atoms with Crippen LogP contribution >= 0.6 is 0 Å². The summed E-state index contributed by atoms with van der Waals surface area (Å²) in [5.74, 6) is -0.261. The molecule has 0 amide bonds. The number of hydrogen-bond acceptors (Lipinski definition) is 6. The smallest absolute Gasteiger partial charge is 0.307 e. The maximum atomic E-state index is 11.3. The molecule has 1 N–H and O–H groups in total. The van der Waals surface area contributed by atoms with Crippen molar-refractivity contribution in [2.24, 2.45) is 0 Å². The number of hydrogen-bond donors (Lipinski definition) is 1. The molecule has 2 rings (SSSR count). The standard InChI is InChI=1S/C11H15N3O4S/c1-8-9(6-10(15)16)7-12-11(13-8)14-2-4-19(17,18)5-3-14/h7H,2-6H2,1H3,(H,15,16). The third-order valence-corrected chi connectivity index (χ3v) is 4.65. The molecule has 19 heavy (non-hydrogen) atoms. The van der Waals surface area contributed by atoms with Gasteiger partial charge in [-0.05, 0) is 6.92 Å². The second-order valence-electron chi connectivity index (χ2n) is 4.49. The van der Waals surface area contributed by atoms with E-state index in [0.29, 0.717) is 30.3 Å². The molecule has 2 heterocycles. The van der Waals surface area contributed by atoms with Crippen LogP contribution in [0.3, 0.4) is 0 Å². The number of nitrogens with zero attached hydrogens (tertiary/aromatic N) is 3. The van der Waals surface area contributed by atoms with E-state index in [2.05, 4.69) is 9.97 Å². The summed E-state index contributed by atoms with van der Waals surface area (Å²) in [5.41, 5.74) is 1.18. The Labute approximate surface area is 111 Å². The van der Waals surface area contributed by atoms with E-state index >= 15 is 0 Å². The average Bonchev–Trinajstić information content (AvgIpc) is 2.31. The van der Waals surface area contributed by atoms with Crippen LogP contribution < -0.4 is 4.90 Å². The predicted molar refractivity (Wildman–Crippen MR) is 69.0 cm³/mol. The summed E-state index contributed by atoms with van der Waals surface area (Å²) < 4.78 is 22.7. The molecule has 104 valence electrons. The van der Waals surface area contributed by atoms with Crippen LogP contribution in [0.25, 0.3) is 0 Å². The van der Waals surface area contributed by atoms with Crippen LogP contribution in [0, 0.1) is 6.92 Å². The molecule has 0 aromatic carbocycles. The van der Waals surface area contributed by atoms with Gasteiger partial charge in [0.05, 0.1) is 17.9 Å². The first-order valence-corrected chi connectivity index (χ1v) is 7.69. The number of aryl methyl sites for hydroxylation is 1. The first-order chi connectivity index (χ1) is 8.87. The molecule has 0 bridgehead atoms. The lowest BCUT2D eigenvalue weighted by molar-refractivity contribution is -0.136. The van der Waals surface area contributed by atoms with Gasteiger partial charge in [-0.15, -0.1) is 0 Å². The summed E-state index contributed by atoms with van der Waals surface area (Å²) in [6.45, 7) is 2.48. The Morgan fingerprint density at radius 1 is 1.42 bits per heavy atom. The van der Waals surface area contributed by atoms with Gasteiger partial charge in [0, 0.05) is 30.5 Å². The molecular weight excluding hydrogens is 270 g/mol. The fourth-order valence-electron chi connectivity index (χ4n) is 1.88. The monoisotopic (exact) mass is 285 g/mol. The van der Waals surface area contributed by atoms with Crippen molar-refractivity contribution in [1.29, 1.82) is 0 Å². The minimum atomic E-state index is -2.93. The molecule has 0 radical (unpaired) electrons. The lowest BCUT2D eigenvalue weighted by Gasteiger charge is -2.26. The van der Waals surface area contributed by atoms with E-state index in [9.17, 15) is 13.2 Å². The van der Waals surface area contributed by atoms with E-state index in [0.717, 1.165) is 0 Å². The fourth-order valence-corrected chi connectivity index (χ4v) is 3.08. The summed E-state index contributed by atoms with van der Waals surface area (Å²) in [7, 11) is -2.93. The zero-order valence-corrected chi connectivity index (χ0v) is 11.4. The zero-order chi connectivity index (χ0) is 14.0. The molecule has 0 saturated carbocycles. The van der Waals surface area contributed by atoms with Crippen LogP contribution in [0.5, 0.6) is 0 Å². The van der Waals surface area contributed by atoms with Gasteiger partial charge in [0.15, 0.2) is 9.84 Å². The molecule has 1 aromatic rings. The van der Waals surface area contributed by atoms with Crippen molar-refractivity contribution in [3.63, 3.8) is 0 Å². The van der Waals surface area contributed by atoms with Crippen molar-refractivity contribution in [2.75, 3.05) is 29.5 Å². The van der Waals surface area contributed by atoms with Crippen molar-refractivity contribution >= 4 is 21.8 Å². The van der Waals surface area contributed by atoms with Gasteiger partial charge in [-0.3, -0.25) is 4.79 Å². The van der Waals surface area contributed by atoms with Crippen molar-refractivity contribution in [1.82, 2.24) is 9.97 Å². The van der Waals surface area contributed by atoms with Gasteiger partial charge in [0.25, 0.3) is 0 Å². The first kappa shape index (κ1) is 13.7. The number of aliphatic carboxylic acids is 1. The van der Waals surface area contributed by atoms with Gasteiger partial charge >= 0.3 is 5.97 Å². The number of carbonyl (C=O) groups is 1. The molecule has 1 aliphatic rings. The van der Waals surface area contributed by atoms with Crippen LogP contribution in [-0.2, 0) is 21.1 Å². The Hall–Kier alpha value is -1.70. The number of sulfone groups is 1. The highest BCUT2D eigenvalue weighted by molar-refractivity contribution is 7.91. The fraction of sp³-hybridized carbons (Fsp3) is 0.545. The van der Waals surface area contributed by atoms with Crippen LogP contribution in [0.1, 0.15) is 11.3 Å². The number of aromatic nitrogens is 2. The molecule has 0 aliphatic carbocycles. The minimum Gasteiger partial charge on any atom is -0.481 e. The lowest BCUT2D eigenvalue weighted by Crippen LogP contribution is -2.41. The number of carboxylic acid groups (broad SMARTS) is 1. The van der Waals surface area contributed by atoms with Crippen LogP contribution in [0.15, 0.2) is 6.20 Å². The Morgan fingerprint density at radius 3 is 2.58 bits per heavy atom. The van der Waals surface area contributed by atoms with Gasteiger partial charge in [-0.25, -0.2) is 18.4 Å². The van der Waals surface area contributed by atoms with Crippen molar-refractivity contribution < 1.29 is 18.3 Å². The van der Waals surface area contributed by atoms with E-state index in [-0.39, 0.29) is 17.9 Å². The molecule has 1 aliphatic heterocycles. The quantitative estimate of drug-likeness (QED) is 0.809. The van der Waals surface area contributed by atoms with E-state index in [4.69, 9.17) is 5.11 Å². The number of rotatable bonds is 3. The van der Waals surface area contributed by atoms with Crippen molar-refractivity contribution in [3.8, 4) is 0 Å². The summed E-state index contributed by atoms with van der Waals surface area (Å²) >= 11 is 0. The highest BCUT2D eigenvalue weighted by Gasteiger charge is 2.23. The SMILES string of the molecule is Cc1nc(N2CCS(=O)(=O)CC2)ncc1CC(=O)O. The van der Waals surface area contributed by atoms with Crippen LogP contribution in [0.4, 0.5) is 5.95 Å². The maximum Gasteiger partial charge on any atom is 0.307 e. The minimum absolute atomic E-state index is 0.103. The molecule has 0 atom stereocenters. The lowest BCUT2D eigenvalue weighted by atomic mass is 10.2. The Morgan fingerprint density at radius 2 is 2.05 bits per heavy atom. The number of carboxylic acids is 1. The highest BCUT2D eigenvalue weighted by atomic mass is 32.2. The third-order valence-electron chi connectivity index (χ3n) is 3.04. The number of anilines is 1. The molecule has 1 fully saturated rings. The van der Waals surface area contributed by atoms with Crippen molar-refractivity contribution in [3.05, 3.63) is 17.5 Å². The van der Waals surface area contributed by atoms with E-state index in [1.807, 2.05) is 0 Å². The second kappa shape index (κ2) is 5.12. The molecule has 1 saturated heterocycles. The molecule has 0 unspecified atom stereocenters. The summed E-state index contributed by atoms with van der Waals surface area (Å²) in [6, 6.07) is 0. The van der Waals surface area contributed by atoms with Gasteiger partial charge in [0.2, 0.25) is 5.95 Å². The van der Waals surface area contributed by atoms with Crippen LogP contribution in [0.2, 0.25) is 0 Å². The Balaban J connectivity index is 2.14. The van der Waals surface area contributed by atoms with Gasteiger partial charge in [-0.2, -0.15) is 0 Å². The third kappa shape index (κ3) is 3.40. The summed E-state index contributed by atoms with van der Waals surface area (Å²) in [6.07, 6.45) is 1.38. The van der Waals surface area contributed by atoms with Crippen molar-refractivity contribution in [2.45, 2.75) is 13.3 Å². The van der Waals surface area contributed by atoms with Gasteiger partial charge < -0.3 is 10.0 Å². The van der Waals surface area contributed by atoms with E-state index in [1.54, 1.807) is 11.8 Å². The Bertz CT molecular complexity index is 586. The van der Waals surface area contributed by atoms with Crippen LogP contribution in [-0.4, -0.2) is 54.1 Å². The van der Waals surface area contributed by atoms with Gasteiger partial charge in [0.1, 0.15) is 0 Å². The normalized spacial score (nSPS) is 18.3. The molecule has 7 nitrogen and oxygen atoms in total.